The van der Waals surface area contributed by atoms with Gasteiger partial charge in [-0.1, -0.05) is 0 Å². The summed E-state index contributed by atoms with van der Waals surface area (Å²) in [5.74, 6) is -0.628. The number of rotatable bonds is 3. The third-order valence-corrected chi connectivity index (χ3v) is 3.10. The zero-order valence-corrected chi connectivity index (χ0v) is 10.4. The lowest BCUT2D eigenvalue weighted by Gasteiger charge is -2.24. The molecule has 2 rings (SSSR count). The van der Waals surface area contributed by atoms with E-state index in [1.54, 1.807) is 6.92 Å². The van der Waals surface area contributed by atoms with E-state index < -0.39 is 10.7 Å². The lowest BCUT2D eigenvalue weighted by molar-refractivity contribution is -0.384. The van der Waals surface area contributed by atoms with Gasteiger partial charge in [0, 0.05) is 19.0 Å². The van der Waals surface area contributed by atoms with E-state index in [-0.39, 0.29) is 23.3 Å². The number of hydrogen-bond acceptors (Lipinski definition) is 4. The standard InChI is InChI=1S/C12H14FN3O3/c1-7-4-10(11(16(18)19)5-9(7)13)15-8-2-3-12(17)14-6-8/h4-5,8,15H,2-3,6H2,1H3,(H,14,17). The summed E-state index contributed by atoms with van der Waals surface area (Å²) in [6, 6.07) is 2.25. The summed E-state index contributed by atoms with van der Waals surface area (Å²) in [5.41, 5.74) is 0.331. The van der Waals surface area contributed by atoms with Crippen molar-refractivity contribution >= 4 is 17.3 Å². The van der Waals surface area contributed by atoms with E-state index in [0.717, 1.165) is 6.07 Å². The smallest absolute Gasteiger partial charge is 0.295 e. The lowest BCUT2D eigenvalue weighted by Crippen LogP contribution is -2.42. The molecule has 0 radical (unpaired) electrons. The Kier molecular flexibility index (Phi) is 3.64. The van der Waals surface area contributed by atoms with Gasteiger partial charge in [-0.05, 0) is 25.0 Å². The van der Waals surface area contributed by atoms with Gasteiger partial charge in [0.05, 0.1) is 11.0 Å². The number of carbonyl (C=O) groups excluding carboxylic acids is 1. The molecule has 0 aliphatic carbocycles. The van der Waals surface area contributed by atoms with Gasteiger partial charge in [0.25, 0.3) is 5.69 Å². The Balaban J connectivity index is 2.21. The van der Waals surface area contributed by atoms with Crippen LogP contribution in [0.3, 0.4) is 0 Å². The van der Waals surface area contributed by atoms with Crippen LogP contribution in [-0.2, 0) is 4.79 Å². The van der Waals surface area contributed by atoms with Gasteiger partial charge < -0.3 is 10.6 Å². The monoisotopic (exact) mass is 267 g/mol. The van der Waals surface area contributed by atoms with Crippen LogP contribution in [0.1, 0.15) is 18.4 Å². The van der Waals surface area contributed by atoms with E-state index in [0.29, 0.717) is 24.9 Å². The molecule has 1 aromatic rings. The van der Waals surface area contributed by atoms with Crippen molar-refractivity contribution in [1.82, 2.24) is 5.32 Å². The highest BCUT2D eigenvalue weighted by molar-refractivity contribution is 5.77. The highest BCUT2D eigenvalue weighted by Gasteiger charge is 2.22. The number of nitrogens with one attached hydrogen (secondary N) is 2. The predicted molar refractivity (Wildman–Crippen MR) is 67.4 cm³/mol. The van der Waals surface area contributed by atoms with Gasteiger partial charge in [-0.15, -0.1) is 0 Å². The number of hydrogen-bond donors (Lipinski definition) is 2. The lowest BCUT2D eigenvalue weighted by atomic mass is 10.1. The Morgan fingerprint density at radius 2 is 2.26 bits per heavy atom. The number of anilines is 1. The molecule has 1 aliphatic heterocycles. The van der Waals surface area contributed by atoms with Gasteiger partial charge in [0.15, 0.2) is 0 Å². The molecule has 0 saturated carbocycles. The summed E-state index contributed by atoms with van der Waals surface area (Å²) < 4.78 is 13.4. The zero-order valence-electron chi connectivity index (χ0n) is 10.4. The molecular weight excluding hydrogens is 253 g/mol. The maximum atomic E-state index is 13.4. The molecule has 1 saturated heterocycles. The summed E-state index contributed by atoms with van der Waals surface area (Å²) >= 11 is 0. The Morgan fingerprint density at radius 3 is 2.84 bits per heavy atom. The van der Waals surface area contributed by atoms with Crippen LogP contribution in [0.4, 0.5) is 15.8 Å². The molecule has 2 N–H and O–H groups in total. The first kappa shape index (κ1) is 13.3. The highest BCUT2D eigenvalue weighted by Crippen LogP contribution is 2.28. The molecule has 1 heterocycles. The average Bonchev–Trinajstić information content (AvgIpc) is 2.36. The molecular formula is C12H14FN3O3. The van der Waals surface area contributed by atoms with Crippen LogP contribution in [-0.4, -0.2) is 23.4 Å². The number of nitro benzene ring substituents is 1. The number of halogens is 1. The Morgan fingerprint density at radius 1 is 1.53 bits per heavy atom. The molecule has 1 amide bonds. The van der Waals surface area contributed by atoms with Crippen LogP contribution >= 0.6 is 0 Å². The molecule has 19 heavy (non-hydrogen) atoms. The summed E-state index contributed by atoms with van der Waals surface area (Å²) in [6.07, 6.45) is 0.977. The number of aryl methyl sites for hydroxylation is 1. The fourth-order valence-corrected chi connectivity index (χ4v) is 2.01. The van der Waals surface area contributed by atoms with Crippen molar-refractivity contribution in [3.63, 3.8) is 0 Å². The SMILES string of the molecule is Cc1cc(NC2CCC(=O)NC2)c([N+](=O)[O-])cc1F. The summed E-state index contributed by atoms with van der Waals surface area (Å²) in [4.78, 5) is 21.3. The molecule has 102 valence electrons. The molecule has 1 aliphatic rings. The maximum Gasteiger partial charge on any atom is 0.295 e. The van der Waals surface area contributed by atoms with E-state index in [9.17, 15) is 19.3 Å². The summed E-state index contributed by atoms with van der Waals surface area (Å²) in [7, 11) is 0. The second kappa shape index (κ2) is 5.21. The minimum atomic E-state index is -0.619. The number of carbonyl (C=O) groups is 1. The van der Waals surface area contributed by atoms with E-state index in [2.05, 4.69) is 10.6 Å². The van der Waals surface area contributed by atoms with Gasteiger partial charge in [-0.25, -0.2) is 4.39 Å². The van der Waals surface area contributed by atoms with E-state index in [4.69, 9.17) is 0 Å². The maximum absolute atomic E-state index is 13.4. The molecule has 1 atom stereocenters. The molecule has 6 nitrogen and oxygen atoms in total. The molecule has 7 heteroatoms. The first-order chi connectivity index (χ1) is 8.97. The number of benzene rings is 1. The van der Waals surface area contributed by atoms with Gasteiger partial charge >= 0.3 is 0 Å². The number of nitrogens with zero attached hydrogens (tertiary/aromatic N) is 1. The van der Waals surface area contributed by atoms with Gasteiger partial charge in [-0.2, -0.15) is 0 Å². The first-order valence-electron chi connectivity index (χ1n) is 5.95. The summed E-state index contributed by atoms with van der Waals surface area (Å²) in [6.45, 7) is 1.96. The van der Waals surface area contributed by atoms with Crippen molar-refractivity contribution in [3.05, 3.63) is 33.6 Å². The van der Waals surface area contributed by atoms with Crippen LogP contribution in [0, 0.1) is 22.9 Å². The fraction of sp³-hybridized carbons (Fsp3) is 0.417. The van der Waals surface area contributed by atoms with Gasteiger partial charge in [0.2, 0.25) is 5.91 Å². The number of amides is 1. The second-order valence-electron chi connectivity index (χ2n) is 4.56. The quantitative estimate of drug-likeness (QED) is 0.645. The Bertz CT molecular complexity index is 523. The minimum absolute atomic E-state index is 0.0252. The van der Waals surface area contributed by atoms with Crippen LogP contribution in [0.2, 0.25) is 0 Å². The highest BCUT2D eigenvalue weighted by atomic mass is 19.1. The van der Waals surface area contributed by atoms with Crippen LogP contribution in [0.5, 0.6) is 0 Å². The molecule has 1 unspecified atom stereocenters. The molecule has 1 aromatic carbocycles. The van der Waals surface area contributed by atoms with Crippen molar-refractivity contribution in [3.8, 4) is 0 Å². The molecule has 1 fully saturated rings. The van der Waals surface area contributed by atoms with Crippen molar-refractivity contribution in [1.29, 1.82) is 0 Å². The summed E-state index contributed by atoms with van der Waals surface area (Å²) in [5, 5.41) is 16.6. The van der Waals surface area contributed by atoms with Crippen LogP contribution in [0.15, 0.2) is 12.1 Å². The third kappa shape index (κ3) is 2.98. The topological polar surface area (TPSA) is 84.3 Å². The molecule has 0 spiro atoms. The third-order valence-electron chi connectivity index (χ3n) is 3.10. The normalized spacial score (nSPS) is 18.8. The Hall–Kier alpha value is -2.18. The van der Waals surface area contributed by atoms with Gasteiger partial charge in [-0.3, -0.25) is 14.9 Å². The molecule has 0 aromatic heterocycles. The zero-order chi connectivity index (χ0) is 14.0. The van der Waals surface area contributed by atoms with Gasteiger partial charge in [0.1, 0.15) is 11.5 Å². The largest absolute Gasteiger partial charge is 0.375 e. The van der Waals surface area contributed by atoms with E-state index in [1.807, 2.05) is 0 Å². The fourth-order valence-electron chi connectivity index (χ4n) is 2.01. The van der Waals surface area contributed by atoms with Crippen LogP contribution in [0.25, 0.3) is 0 Å². The van der Waals surface area contributed by atoms with Crippen molar-refractivity contribution < 1.29 is 14.1 Å². The van der Waals surface area contributed by atoms with E-state index in [1.165, 1.54) is 6.07 Å². The average molecular weight is 267 g/mol. The van der Waals surface area contributed by atoms with E-state index >= 15 is 0 Å². The van der Waals surface area contributed by atoms with Crippen molar-refractivity contribution in [2.75, 3.05) is 11.9 Å². The van der Waals surface area contributed by atoms with Crippen molar-refractivity contribution in [2.45, 2.75) is 25.8 Å². The predicted octanol–water partition coefficient (Wildman–Crippen LogP) is 1.73. The van der Waals surface area contributed by atoms with Crippen LogP contribution < -0.4 is 10.6 Å². The second-order valence-corrected chi connectivity index (χ2v) is 4.56. The minimum Gasteiger partial charge on any atom is -0.375 e. The van der Waals surface area contributed by atoms with Crippen molar-refractivity contribution in [2.24, 2.45) is 0 Å². The molecule has 0 bridgehead atoms. The Labute approximate surface area is 109 Å². The first-order valence-corrected chi connectivity index (χ1v) is 5.95. The number of nitro groups is 1. The number of piperidine rings is 1.